The van der Waals surface area contributed by atoms with Crippen LogP contribution in [-0.4, -0.2) is 77.8 Å². The first-order valence-electron chi connectivity index (χ1n) is 21.3. The topological polar surface area (TPSA) is 142 Å². The maximum atomic E-state index is 14.3. The molecular weight excluding hydrogens is 848 g/mol. The summed E-state index contributed by atoms with van der Waals surface area (Å²) in [6.07, 6.45) is 7.30. The summed E-state index contributed by atoms with van der Waals surface area (Å²) in [6.45, 7) is 0. The summed E-state index contributed by atoms with van der Waals surface area (Å²) in [5.74, 6) is 9.78. The lowest BCUT2D eigenvalue weighted by molar-refractivity contribution is 0.0681. The minimum atomic E-state index is -0.226. The van der Waals surface area contributed by atoms with E-state index >= 15 is 0 Å². The van der Waals surface area contributed by atoms with Crippen molar-refractivity contribution in [3.63, 3.8) is 0 Å². The number of amides is 2. The highest BCUT2D eigenvalue weighted by molar-refractivity contribution is 6.31. The number of imidazole rings is 2. The number of pyridine rings is 2. The molecule has 0 spiro atoms. The van der Waals surface area contributed by atoms with E-state index < -0.39 is 0 Å². The molecule has 0 unspecified atom stereocenters. The number of nitrogens with one attached hydrogen (secondary N) is 2. The van der Waals surface area contributed by atoms with E-state index in [-0.39, 0.29) is 46.3 Å². The van der Waals surface area contributed by atoms with Gasteiger partial charge in [-0.2, -0.15) is 0 Å². The SMILES string of the molecule is COc1cccc2c(C(=O)N3[C@@H]4C[C@H]4C[C@H]3c3nc(C#Cc4ccc5cc(-c6c[nH]c([C@@H]7C[C@H]8C[C@H]8N7C(=O)c7nc(Cl)cc8c(OC)cccc78)n6)ccc5c4)c[nH]3)nc(Cl)cc12. The Morgan fingerprint density at radius 1 is 0.625 bits per heavy atom. The summed E-state index contributed by atoms with van der Waals surface area (Å²) < 4.78 is 11.1. The average Bonchev–Trinajstić information content (AvgIpc) is 3.91. The molecule has 2 saturated heterocycles. The van der Waals surface area contributed by atoms with Crippen LogP contribution in [0.25, 0.3) is 43.6 Å². The summed E-state index contributed by atoms with van der Waals surface area (Å²) in [5.41, 5.74) is 3.85. The number of aromatic nitrogens is 6. The number of methoxy groups -OCH3 is 2. The lowest BCUT2D eigenvalue weighted by Gasteiger charge is -2.26. The van der Waals surface area contributed by atoms with Crippen molar-refractivity contribution in [2.45, 2.75) is 49.9 Å². The Kier molecular flexibility index (Phi) is 8.97. The highest BCUT2D eigenvalue weighted by Crippen LogP contribution is 2.55. The Bertz CT molecular complexity index is 3340. The van der Waals surface area contributed by atoms with Gasteiger partial charge in [0, 0.05) is 57.1 Å². The van der Waals surface area contributed by atoms with Gasteiger partial charge >= 0.3 is 0 Å². The van der Waals surface area contributed by atoms with Gasteiger partial charge in [0.15, 0.2) is 0 Å². The van der Waals surface area contributed by atoms with Gasteiger partial charge in [-0.3, -0.25) is 9.59 Å². The zero-order valence-electron chi connectivity index (χ0n) is 34.6. The molecule has 0 bridgehead atoms. The summed E-state index contributed by atoms with van der Waals surface area (Å²) in [5, 5.41) is 5.48. The summed E-state index contributed by atoms with van der Waals surface area (Å²) >= 11 is 12.9. The summed E-state index contributed by atoms with van der Waals surface area (Å²) in [7, 11) is 3.20. The van der Waals surface area contributed by atoms with E-state index in [2.05, 4.69) is 62.1 Å². The zero-order chi connectivity index (χ0) is 43.4. The fraction of sp³-hybridized carbons (Fsp3) is 0.240. The second-order valence-corrected chi connectivity index (χ2v) is 17.9. The van der Waals surface area contributed by atoms with E-state index in [1.54, 1.807) is 32.5 Å². The van der Waals surface area contributed by atoms with Crippen LogP contribution in [0.2, 0.25) is 10.3 Å². The van der Waals surface area contributed by atoms with Crippen molar-refractivity contribution in [1.29, 1.82) is 0 Å². The maximum absolute atomic E-state index is 14.3. The number of carbonyl (C=O) groups excluding carboxylic acids is 2. The van der Waals surface area contributed by atoms with Gasteiger partial charge in [0.2, 0.25) is 0 Å². The van der Waals surface area contributed by atoms with Crippen molar-refractivity contribution in [2.24, 2.45) is 11.8 Å². The molecule has 2 saturated carbocycles. The second-order valence-electron chi connectivity index (χ2n) is 17.1. The Hall–Kier alpha value is -6.94. The van der Waals surface area contributed by atoms with Crippen molar-refractivity contribution in [2.75, 3.05) is 14.2 Å². The van der Waals surface area contributed by atoms with E-state index in [0.29, 0.717) is 57.0 Å². The Labute approximate surface area is 376 Å². The van der Waals surface area contributed by atoms with Crippen LogP contribution in [-0.2, 0) is 0 Å². The third-order valence-corrected chi connectivity index (χ3v) is 13.8. The maximum Gasteiger partial charge on any atom is 0.274 e. The number of nitrogens with zero attached hydrogens (tertiary/aromatic N) is 6. The molecule has 0 radical (unpaired) electrons. The first-order chi connectivity index (χ1) is 31.2. The molecule has 4 aromatic carbocycles. The van der Waals surface area contributed by atoms with Crippen molar-refractivity contribution < 1.29 is 19.1 Å². The molecule has 2 aliphatic heterocycles. The van der Waals surface area contributed by atoms with Crippen LogP contribution in [0.4, 0.5) is 0 Å². The quantitative estimate of drug-likeness (QED) is 0.119. The van der Waals surface area contributed by atoms with Gasteiger partial charge in [0.25, 0.3) is 11.8 Å². The average molecular weight is 886 g/mol. The molecule has 2 amide bonds. The molecule has 2 aliphatic carbocycles. The van der Waals surface area contributed by atoms with E-state index in [1.807, 2.05) is 58.5 Å². The first-order valence-corrected chi connectivity index (χ1v) is 22.1. The summed E-state index contributed by atoms with van der Waals surface area (Å²) in [6, 6.07) is 26.9. The number of hydrogen-bond donors (Lipinski definition) is 2. The van der Waals surface area contributed by atoms with Crippen LogP contribution in [0, 0.1) is 23.7 Å². The Morgan fingerprint density at radius 3 is 1.80 bits per heavy atom. The lowest BCUT2D eigenvalue weighted by atomic mass is 10.0. The fourth-order valence-corrected chi connectivity index (χ4v) is 10.6. The number of rotatable bonds is 7. The lowest BCUT2D eigenvalue weighted by Crippen LogP contribution is -2.34. The molecule has 4 aliphatic rings. The number of H-pyrrole nitrogens is 2. The van der Waals surface area contributed by atoms with Gasteiger partial charge in [-0.05, 0) is 96.7 Å². The number of hydrogen-bond acceptors (Lipinski definition) is 8. The van der Waals surface area contributed by atoms with Gasteiger partial charge < -0.3 is 29.2 Å². The van der Waals surface area contributed by atoms with Crippen molar-refractivity contribution in [3.05, 3.63) is 142 Å². The molecule has 2 N–H and O–H groups in total. The third-order valence-electron chi connectivity index (χ3n) is 13.4. The molecule has 12 rings (SSSR count). The number of piperidine rings is 2. The molecule has 64 heavy (non-hydrogen) atoms. The number of carbonyl (C=O) groups is 2. The van der Waals surface area contributed by atoms with E-state index in [9.17, 15) is 9.59 Å². The number of benzene rings is 4. The highest BCUT2D eigenvalue weighted by Gasteiger charge is 2.56. The normalized spacial score (nSPS) is 21.8. The zero-order valence-corrected chi connectivity index (χ0v) is 36.1. The number of halogens is 2. The predicted octanol–water partition coefficient (Wildman–Crippen LogP) is 9.72. The smallest absolute Gasteiger partial charge is 0.274 e. The second kappa shape index (κ2) is 14.8. The molecule has 6 atom stereocenters. The third kappa shape index (κ3) is 6.44. The molecule has 8 aromatic rings. The van der Waals surface area contributed by atoms with Crippen LogP contribution >= 0.6 is 23.2 Å². The molecule has 12 nitrogen and oxygen atoms in total. The minimum absolute atomic E-state index is 0.135. The van der Waals surface area contributed by atoms with E-state index in [1.165, 1.54) is 0 Å². The van der Waals surface area contributed by atoms with Crippen LogP contribution in [0.3, 0.4) is 0 Å². The number of fused-ring (bicyclic) bond motifs is 5. The first kappa shape index (κ1) is 38.7. The number of ether oxygens (including phenoxy) is 2. The van der Waals surface area contributed by atoms with Crippen molar-refractivity contribution in [1.82, 2.24) is 39.7 Å². The Morgan fingerprint density at radius 2 is 1.19 bits per heavy atom. The molecular formula is C50H38Cl2N8O4. The van der Waals surface area contributed by atoms with E-state index in [0.717, 1.165) is 69.9 Å². The monoisotopic (exact) mass is 884 g/mol. The standard InChI is InChI=1S/C50H38Cl2N8O4/c1-63-41-7-3-5-32-34(41)21-43(51)57-45(32)49(61)59-37-17-29(37)19-39(59)47-53-23-31(55-47)14-10-25-9-11-27-16-28(13-12-26(27)15-25)36-24-54-48(56-36)40-20-30-18-38(30)60(40)50(62)46-33-6-4-8-42(64-2)35(33)22-44(52)58-46/h3-9,11-13,15-16,21-24,29-30,37-40H,17-20H2,1-2H3,(H,53,55)(H,54,56)/t29-,30+,37+,38+,39-,40-/m0/s1. The van der Waals surface area contributed by atoms with Gasteiger partial charge in [-0.25, -0.2) is 19.9 Å². The fourth-order valence-electron chi connectivity index (χ4n) is 10.2. The van der Waals surface area contributed by atoms with Crippen LogP contribution in [0.15, 0.2) is 97.3 Å². The van der Waals surface area contributed by atoms with E-state index in [4.69, 9.17) is 42.6 Å². The highest BCUT2D eigenvalue weighted by atomic mass is 35.5. The largest absolute Gasteiger partial charge is 0.496 e. The number of aromatic amines is 2. The van der Waals surface area contributed by atoms with Crippen molar-refractivity contribution >= 4 is 67.3 Å². The molecule has 4 fully saturated rings. The predicted molar refractivity (Wildman–Crippen MR) is 244 cm³/mol. The molecule has 6 heterocycles. The van der Waals surface area contributed by atoms with Gasteiger partial charge in [0.05, 0.1) is 32.0 Å². The minimum Gasteiger partial charge on any atom is -0.496 e. The summed E-state index contributed by atoms with van der Waals surface area (Å²) in [4.78, 5) is 58.0. The van der Waals surface area contributed by atoms with Crippen LogP contribution < -0.4 is 9.47 Å². The van der Waals surface area contributed by atoms with Crippen LogP contribution in [0.5, 0.6) is 11.5 Å². The van der Waals surface area contributed by atoms with Crippen molar-refractivity contribution in [3.8, 4) is 34.6 Å². The molecule has 316 valence electrons. The van der Waals surface area contributed by atoms with Gasteiger partial charge in [0.1, 0.15) is 50.5 Å². The number of likely N-dealkylation sites (tertiary alicyclic amines) is 2. The van der Waals surface area contributed by atoms with Gasteiger partial charge in [-0.1, -0.05) is 71.6 Å². The van der Waals surface area contributed by atoms with Gasteiger partial charge in [-0.15, -0.1) is 0 Å². The van der Waals surface area contributed by atoms with Crippen LogP contribution in [0.1, 0.15) is 81.7 Å². The Balaban J connectivity index is 0.761. The molecule has 4 aromatic heterocycles. The molecule has 14 heteroatoms.